The number of hydrogen-bond donors (Lipinski definition) is 1. The van der Waals surface area contributed by atoms with Gasteiger partial charge in [-0.05, 0) is 63.0 Å². The zero-order valence-electron chi connectivity index (χ0n) is 16.3. The summed E-state index contributed by atoms with van der Waals surface area (Å²) in [6, 6.07) is 3.39. The first-order valence-electron chi connectivity index (χ1n) is 10.4. The lowest BCUT2D eigenvalue weighted by Crippen LogP contribution is -2.44. The molecule has 0 bridgehead atoms. The Labute approximate surface area is 157 Å². The van der Waals surface area contributed by atoms with Gasteiger partial charge in [-0.25, -0.2) is 0 Å². The zero-order valence-corrected chi connectivity index (χ0v) is 16.3. The Morgan fingerprint density at radius 2 is 1.96 bits per heavy atom. The molecule has 3 heterocycles. The van der Waals surface area contributed by atoms with Crippen LogP contribution in [0.5, 0.6) is 0 Å². The van der Waals surface area contributed by atoms with Crippen LogP contribution in [0.4, 0.5) is 0 Å². The number of aliphatic imine (C=N–C) groups is 1. The van der Waals surface area contributed by atoms with Crippen LogP contribution in [0, 0.1) is 11.8 Å². The summed E-state index contributed by atoms with van der Waals surface area (Å²) in [5.74, 6) is 2.10. The van der Waals surface area contributed by atoms with E-state index in [1.54, 1.807) is 0 Å². The van der Waals surface area contributed by atoms with Crippen molar-refractivity contribution in [1.82, 2.24) is 19.6 Å². The maximum Gasteiger partial charge on any atom is 0.191 e. The number of nitrogens with zero attached hydrogens (tertiary/aromatic N) is 5. The van der Waals surface area contributed by atoms with Gasteiger partial charge in [0.1, 0.15) is 0 Å². The summed E-state index contributed by atoms with van der Waals surface area (Å²) < 4.78 is 2.05. The van der Waals surface area contributed by atoms with Crippen molar-refractivity contribution in [3.63, 3.8) is 0 Å². The molecule has 2 N–H and O–H groups in total. The fraction of sp³-hybridized carbons (Fsp3) is 0.800. The van der Waals surface area contributed by atoms with E-state index in [4.69, 9.17) is 10.7 Å². The molecule has 0 aromatic carbocycles. The molecule has 0 unspecified atom stereocenters. The Morgan fingerprint density at radius 1 is 1.19 bits per heavy atom. The second-order valence-electron chi connectivity index (χ2n) is 8.56. The smallest absolute Gasteiger partial charge is 0.191 e. The van der Waals surface area contributed by atoms with Crippen molar-refractivity contribution in [2.75, 3.05) is 26.2 Å². The van der Waals surface area contributed by atoms with Gasteiger partial charge in [0, 0.05) is 38.9 Å². The number of guanidine groups is 1. The summed E-state index contributed by atoms with van der Waals surface area (Å²) in [6.07, 6.45) is 9.58. The van der Waals surface area contributed by atoms with Crippen LogP contribution in [0.3, 0.4) is 0 Å². The number of hydrogen-bond acceptors (Lipinski definition) is 3. The molecule has 6 nitrogen and oxygen atoms in total. The molecule has 26 heavy (non-hydrogen) atoms. The number of likely N-dealkylation sites (tertiary alicyclic amines) is 2. The minimum Gasteiger partial charge on any atom is -0.370 e. The Hall–Kier alpha value is -1.56. The summed E-state index contributed by atoms with van der Waals surface area (Å²) in [7, 11) is 2.07. The van der Waals surface area contributed by atoms with Gasteiger partial charge in [0.2, 0.25) is 0 Å². The van der Waals surface area contributed by atoms with E-state index in [-0.39, 0.29) is 0 Å². The van der Waals surface area contributed by atoms with Crippen molar-refractivity contribution >= 4 is 5.96 Å². The largest absolute Gasteiger partial charge is 0.370 e. The lowest BCUT2D eigenvalue weighted by Gasteiger charge is -2.41. The maximum atomic E-state index is 6.36. The minimum absolute atomic E-state index is 0.432. The fourth-order valence-electron chi connectivity index (χ4n) is 4.74. The van der Waals surface area contributed by atoms with Gasteiger partial charge in [-0.15, -0.1) is 0 Å². The molecule has 0 spiro atoms. The van der Waals surface area contributed by atoms with Crippen LogP contribution < -0.4 is 5.73 Å². The highest BCUT2D eigenvalue weighted by molar-refractivity contribution is 5.78. The minimum atomic E-state index is 0.432. The standard InChI is InChI=1S/C20H34N6/c1-15-8-12-25(13-9-15)20(21)22-14-16-4-3-11-26(17-5-6-17)19(16)18-7-10-23-24(18)2/h7,10,15-17,19H,3-6,8-9,11-14H2,1-2H3,(H2,21,22)/t16-,19+/m0/s1. The predicted molar refractivity (Wildman–Crippen MR) is 105 cm³/mol. The molecule has 0 amide bonds. The Morgan fingerprint density at radius 3 is 2.62 bits per heavy atom. The number of aromatic nitrogens is 2. The molecule has 1 aromatic rings. The predicted octanol–water partition coefficient (Wildman–Crippen LogP) is 2.38. The van der Waals surface area contributed by atoms with Gasteiger partial charge >= 0.3 is 0 Å². The van der Waals surface area contributed by atoms with Crippen molar-refractivity contribution in [2.45, 2.75) is 57.5 Å². The monoisotopic (exact) mass is 358 g/mol. The lowest BCUT2D eigenvalue weighted by atomic mass is 9.86. The molecule has 3 fully saturated rings. The molecule has 1 aliphatic carbocycles. The van der Waals surface area contributed by atoms with Crippen LogP contribution in [0.15, 0.2) is 17.3 Å². The van der Waals surface area contributed by atoms with Gasteiger partial charge < -0.3 is 10.6 Å². The summed E-state index contributed by atoms with van der Waals surface area (Å²) in [6.45, 7) is 6.48. The molecule has 144 valence electrons. The molecule has 2 atom stereocenters. The summed E-state index contributed by atoms with van der Waals surface area (Å²) in [5, 5.41) is 4.44. The fourth-order valence-corrected chi connectivity index (χ4v) is 4.74. The number of rotatable bonds is 4. The highest BCUT2D eigenvalue weighted by Gasteiger charge is 2.41. The van der Waals surface area contributed by atoms with E-state index >= 15 is 0 Å². The van der Waals surface area contributed by atoms with Crippen LogP contribution in [-0.4, -0.2) is 57.8 Å². The van der Waals surface area contributed by atoms with Gasteiger partial charge in [0.25, 0.3) is 0 Å². The Balaban J connectivity index is 1.48. The second kappa shape index (κ2) is 7.59. The number of aryl methyl sites for hydroxylation is 1. The van der Waals surface area contributed by atoms with Gasteiger partial charge in [0.05, 0.1) is 11.7 Å². The first-order chi connectivity index (χ1) is 12.6. The molecule has 2 aliphatic heterocycles. The highest BCUT2D eigenvalue weighted by Crippen LogP contribution is 2.42. The van der Waals surface area contributed by atoms with Crippen LogP contribution in [0.25, 0.3) is 0 Å². The third kappa shape index (κ3) is 3.75. The summed E-state index contributed by atoms with van der Waals surface area (Å²) >= 11 is 0. The quantitative estimate of drug-likeness (QED) is 0.663. The number of nitrogens with two attached hydrogens (primary N) is 1. The van der Waals surface area contributed by atoms with E-state index in [2.05, 4.69) is 39.6 Å². The molecule has 1 saturated carbocycles. The topological polar surface area (TPSA) is 62.7 Å². The van der Waals surface area contributed by atoms with Crippen molar-refractivity contribution in [3.8, 4) is 0 Å². The maximum absolute atomic E-state index is 6.36. The first kappa shape index (κ1) is 17.8. The third-order valence-corrected chi connectivity index (χ3v) is 6.57. The van der Waals surface area contributed by atoms with E-state index in [9.17, 15) is 0 Å². The third-order valence-electron chi connectivity index (χ3n) is 6.57. The molecule has 2 saturated heterocycles. The molecular weight excluding hydrogens is 324 g/mol. The molecule has 4 rings (SSSR count). The van der Waals surface area contributed by atoms with Crippen molar-refractivity contribution < 1.29 is 0 Å². The van der Waals surface area contributed by atoms with Gasteiger partial charge in [-0.3, -0.25) is 14.6 Å². The lowest BCUT2D eigenvalue weighted by molar-refractivity contribution is 0.0822. The van der Waals surface area contributed by atoms with E-state index in [0.29, 0.717) is 12.0 Å². The normalized spacial score (nSPS) is 29.3. The molecule has 0 radical (unpaired) electrons. The van der Waals surface area contributed by atoms with Crippen LogP contribution in [0.1, 0.15) is 57.2 Å². The highest BCUT2D eigenvalue weighted by atomic mass is 15.3. The molecular formula is C20H34N6. The van der Waals surface area contributed by atoms with Crippen molar-refractivity contribution in [3.05, 3.63) is 18.0 Å². The Bertz CT molecular complexity index is 626. The van der Waals surface area contributed by atoms with Crippen LogP contribution in [-0.2, 0) is 7.05 Å². The van der Waals surface area contributed by atoms with Crippen LogP contribution in [0.2, 0.25) is 0 Å². The summed E-state index contributed by atoms with van der Waals surface area (Å²) in [4.78, 5) is 9.86. The van der Waals surface area contributed by atoms with Gasteiger partial charge in [0.15, 0.2) is 5.96 Å². The average Bonchev–Trinajstić information content (AvgIpc) is 3.41. The summed E-state index contributed by atoms with van der Waals surface area (Å²) in [5.41, 5.74) is 7.69. The van der Waals surface area contributed by atoms with Gasteiger partial charge in [-0.1, -0.05) is 6.92 Å². The molecule has 1 aromatic heterocycles. The van der Waals surface area contributed by atoms with Crippen molar-refractivity contribution in [1.29, 1.82) is 0 Å². The van der Waals surface area contributed by atoms with Gasteiger partial charge in [-0.2, -0.15) is 5.10 Å². The zero-order chi connectivity index (χ0) is 18.1. The number of piperidine rings is 2. The molecule has 3 aliphatic rings. The van der Waals surface area contributed by atoms with E-state index < -0.39 is 0 Å². The molecule has 6 heteroatoms. The van der Waals surface area contributed by atoms with E-state index in [1.165, 1.54) is 50.8 Å². The second-order valence-corrected chi connectivity index (χ2v) is 8.56. The van der Waals surface area contributed by atoms with E-state index in [1.807, 2.05) is 6.20 Å². The Kier molecular flexibility index (Phi) is 5.20. The first-order valence-corrected chi connectivity index (χ1v) is 10.4. The SMILES string of the molecule is CC1CCN(C(N)=NC[C@@H]2CCCN(C3CC3)[C@H]2c2ccnn2C)CC1. The average molecular weight is 359 g/mol. The van der Waals surface area contributed by atoms with E-state index in [0.717, 1.165) is 37.6 Å². The van der Waals surface area contributed by atoms with Crippen LogP contribution >= 0.6 is 0 Å². The van der Waals surface area contributed by atoms with Crippen molar-refractivity contribution in [2.24, 2.45) is 29.6 Å².